The first-order chi connectivity index (χ1) is 17.0. The van der Waals surface area contributed by atoms with E-state index < -0.39 is 0 Å². The van der Waals surface area contributed by atoms with Gasteiger partial charge in [-0.05, 0) is 54.4 Å². The summed E-state index contributed by atoms with van der Waals surface area (Å²) in [6, 6.07) is 7.03. The van der Waals surface area contributed by atoms with Crippen LogP contribution in [-0.4, -0.2) is 44.0 Å². The van der Waals surface area contributed by atoms with Crippen molar-refractivity contribution in [1.82, 2.24) is 25.3 Å². The first-order valence-electron chi connectivity index (χ1n) is 11.7. The molecule has 1 aliphatic heterocycles. The van der Waals surface area contributed by atoms with Crippen LogP contribution in [0, 0.1) is 5.41 Å². The Morgan fingerprint density at radius 1 is 1.14 bits per heavy atom. The molecule has 3 heterocycles. The van der Waals surface area contributed by atoms with E-state index in [1.165, 1.54) is 19.0 Å². The lowest BCUT2D eigenvalue weighted by Gasteiger charge is -2.32. The molecular formula is C25H27ClN6O3. The molecule has 10 heteroatoms. The Morgan fingerprint density at radius 3 is 2.60 bits per heavy atom. The van der Waals surface area contributed by atoms with Gasteiger partial charge < -0.3 is 20.1 Å². The Bertz CT molecular complexity index is 1200. The molecule has 2 fully saturated rings. The van der Waals surface area contributed by atoms with Crippen molar-refractivity contribution in [2.75, 3.05) is 18.0 Å². The summed E-state index contributed by atoms with van der Waals surface area (Å²) in [6.45, 7) is 1.99. The Kier molecular flexibility index (Phi) is 6.79. The zero-order valence-electron chi connectivity index (χ0n) is 19.3. The molecule has 1 aliphatic carbocycles. The topological polar surface area (TPSA) is 113 Å². The number of aliphatic hydroxyl groups is 1. The number of hydrogen-bond donors (Lipinski definition) is 2. The fourth-order valence-corrected chi connectivity index (χ4v) is 4.53. The van der Waals surface area contributed by atoms with Crippen molar-refractivity contribution < 1.29 is 14.6 Å². The van der Waals surface area contributed by atoms with Crippen molar-refractivity contribution in [1.29, 1.82) is 0 Å². The van der Waals surface area contributed by atoms with E-state index >= 15 is 0 Å². The maximum atomic E-state index is 13.0. The number of piperidine rings is 1. The van der Waals surface area contributed by atoms with Crippen LogP contribution in [0.15, 0.2) is 42.9 Å². The summed E-state index contributed by atoms with van der Waals surface area (Å²) in [5, 5.41) is 12.6. The van der Waals surface area contributed by atoms with E-state index in [4.69, 9.17) is 16.3 Å². The van der Waals surface area contributed by atoms with Gasteiger partial charge >= 0.3 is 0 Å². The number of carbonyl (C=O) groups excluding carboxylic acids is 1. The number of aromatic nitrogens is 4. The molecule has 0 unspecified atom stereocenters. The molecule has 1 aromatic carbocycles. The van der Waals surface area contributed by atoms with E-state index in [1.807, 2.05) is 6.07 Å². The molecule has 3 aromatic rings. The molecule has 1 saturated carbocycles. The van der Waals surface area contributed by atoms with Crippen LogP contribution in [-0.2, 0) is 19.8 Å². The Labute approximate surface area is 208 Å². The van der Waals surface area contributed by atoms with Gasteiger partial charge in [0.05, 0.1) is 13.2 Å². The van der Waals surface area contributed by atoms with Crippen LogP contribution in [0.1, 0.15) is 53.0 Å². The zero-order valence-corrected chi connectivity index (χ0v) is 20.0. The second-order valence-electron chi connectivity index (χ2n) is 9.10. The average Bonchev–Trinajstić information content (AvgIpc) is 3.65. The molecule has 182 valence electrons. The molecule has 5 rings (SSSR count). The smallest absolute Gasteiger partial charge is 0.258 e. The van der Waals surface area contributed by atoms with E-state index in [2.05, 4.69) is 30.2 Å². The SMILES string of the molecule is O=C(NCc1ncccn1)c1cnc(N2CCC3(CC2)CC3)nc1OCc1ccc(CO)c(Cl)c1. The van der Waals surface area contributed by atoms with Gasteiger partial charge in [0, 0.05) is 36.7 Å². The highest BCUT2D eigenvalue weighted by molar-refractivity contribution is 6.31. The van der Waals surface area contributed by atoms with Crippen molar-refractivity contribution in [2.24, 2.45) is 5.41 Å². The summed E-state index contributed by atoms with van der Waals surface area (Å²) in [6.07, 6.45) is 9.68. The van der Waals surface area contributed by atoms with Crippen LogP contribution in [0.3, 0.4) is 0 Å². The Morgan fingerprint density at radius 2 is 1.91 bits per heavy atom. The number of rotatable bonds is 8. The standard InChI is InChI=1S/C25H27ClN6O3/c26-20-12-17(2-3-18(20)15-33)16-35-23-19(22(34)29-14-21-27-8-1-9-28-21)13-30-24(31-23)32-10-6-25(4-5-25)7-11-32/h1-3,8-9,12-13,33H,4-7,10-11,14-16H2,(H,29,34). The van der Waals surface area contributed by atoms with Gasteiger partial charge in [0.25, 0.3) is 5.91 Å². The number of ether oxygens (including phenoxy) is 1. The molecule has 35 heavy (non-hydrogen) atoms. The predicted octanol–water partition coefficient (Wildman–Crippen LogP) is 3.30. The molecule has 1 saturated heterocycles. The third kappa shape index (κ3) is 5.52. The van der Waals surface area contributed by atoms with Crippen LogP contribution in [0.2, 0.25) is 5.02 Å². The van der Waals surface area contributed by atoms with E-state index in [9.17, 15) is 9.90 Å². The molecular weight excluding hydrogens is 468 g/mol. The van der Waals surface area contributed by atoms with Crippen LogP contribution in [0.4, 0.5) is 5.95 Å². The highest BCUT2D eigenvalue weighted by Gasteiger charge is 2.44. The van der Waals surface area contributed by atoms with E-state index in [0.717, 1.165) is 31.5 Å². The number of nitrogens with one attached hydrogen (secondary N) is 1. The minimum absolute atomic E-state index is 0.137. The lowest BCUT2D eigenvalue weighted by molar-refractivity contribution is 0.0944. The van der Waals surface area contributed by atoms with E-state index in [0.29, 0.717) is 27.8 Å². The minimum Gasteiger partial charge on any atom is -0.472 e. The number of benzene rings is 1. The Hall–Kier alpha value is -3.30. The lowest BCUT2D eigenvalue weighted by atomic mass is 9.94. The van der Waals surface area contributed by atoms with Gasteiger partial charge in [-0.2, -0.15) is 4.98 Å². The maximum Gasteiger partial charge on any atom is 0.258 e. The predicted molar refractivity (Wildman–Crippen MR) is 130 cm³/mol. The van der Waals surface area contributed by atoms with Crippen molar-refractivity contribution >= 4 is 23.5 Å². The highest BCUT2D eigenvalue weighted by Crippen LogP contribution is 2.53. The van der Waals surface area contributed by atoms with Crippen LogP contribution >= 0.6 is 11.6 Å². The van der Waals surface area contributed by atoms with Gasteiger partial charge in [0.1, 0.15) is 18.0 Å². The molecule has 9 nitrogen and oxygen atoms in total. The maximum absolute atomic E-state index is 13.0. The van der Waals surface area contributed by atoms with Crippen LogP contribution in [0.5, 0.6) is 5.88 Å². The van der Waals surface area contributed by atoms with Crippen LogP contribution in [0.25, 0.3) is 0 Å². The molecule has 1 amide bonds. The van der Waals surface area contributed by atoms with Gasteiger partial charge in [-0.3, -0.25) is 4.79 Å². The molecule has 2 aliphatic rings. The number of halogens is 1. The summed E-state index contributed by atoms with van der Waals surface area (Å²) in [5.74, 6) is 0.896. The van der Waals surface area contributed by atoms with Crippen molar-refractivity contribution in [2.45, 2.75) is 45.4 Å². The summed E-state index contributed by atoms with van der Waals surface area (Å²) in [5.41, 5.74) is 2.21. The van der Waals surface area contributed by atoms with Crippen molar-refractivity contribution in [3.63, 3.8) is 0 Å². The van der Waals surface area contributed by atoms with Crippen LogP contribution < -0.4 is 15.0 Å². The van der Waals surface area contributed by atoms with Gasteiger partial charge in [-0.1, -0.05) is 23.7 Å². The molecule has 2 aromatic heterocycles. The Balaban J connectivity index is 1.34. The fraction of sp³-hybridized carbons (Fsp3) is 0.400. The quantitative estimate of drug-likeness (QED) is 0.490. The average molecular weight is 495 g/mol. The van der Waals surface area contributed by atoms with E-state index in [-0.39, 0.29) is 37.1 Å². The summed E-state index contributed by atoms with van der Waals surface area (Å²) < 4.78 is 6.02. The first kappa shape index (κ1) is 23.4. The van der Waals surface area contributed by atoms with Gasteiger partial charge in [0.15, 0.2) is 0 Å². The number of carbonyl (C=O) groups is 1. The van der Waals surface area contributed by atoms with Crippen molar-refractivity contribution in [3.05, 3.63) is 70.4 Å². The number of amides is 1. The number of nitrogens with zero attached hydrogens (tertiary/aromatic N) is 5. The normalized spacial score (nSPS) is 16.2. The second kappa shape index (κ2) is 10.1. The summed E-state index contributed by atoms with van der Waals surface area (Å²) in [7, 11) is 0. The zero-order chi connectivity index (χ0) is 24.3. The van der Waals surface area contributed by atoms with Gasteiger partial charge in [-0.15, -0.1) is 0 Å². The summed E-state index contributed by atoms with van der Waals surface area (Å²) in [4.78, 5) is 32.5. The highest BCUT2D eigenvalue weighted by atomic mass is 35.5. The molecule has 1 spiro atoms. The van der Waals surface area contributed by atoms with Gasteiger partial charge in [0.2, 0.25) is 11.8 Å². The first-order valence-corrected chi connectivity index (χ1v) is 12.1. The monoisotopic (exact) mass is 494 g/mol. The molecule has 0 atom stereocenters. The second-order valence-corrected chi connectivity index (χ2v) is 9.50. The molecule has 0 radical (unpaired) electrons. The number of aliphatic hydroxyl groups excluding tert-OH is 1. The van der Waals surface area contributed by atoms with Crippen molar-refractivity contribution in [3.8, 4) is 5.88 Å². The largest absolute Gasteiger partial charge is 0.472 e. The molecule has 2 N–H and O–H groups in total. The van der Waals surface area contributed by atoms with E-state index in [1.54, 1.807) is 30.6 Å². The lowest BCUT2D eigenvalue weighted by Crippen LogP contribution is -2.36. The summed E-state index contributed by atoms with van der Waals surface area (Å²) >= 11 is 6.22. The van der Waals surface area contributed by atoms with Gasteiger partial charge in [-0.25, -0.2) is 15.0 Å². The number of anilines is 1. The molecule has 0 bridgehead atoms. The third-order valence-electron chi connectivity index (χ3n) is 6.74. The fourth-order valence-electron chi connectivity index (χ4n) is 4.27. The number of hydrogen-bond acceptors (Lipinski definition) is 8. The third-order valence-corrected chi connectivity index (χ3v) is 7.09. The minimum atomic E-state index is -0.372.